The third kappa shape index (κ3) is 4.38. The van der Waals surface area contributed by atoms with Gasteiger partial charge >= 0.3 is 0 Å². The molecule has 4 aromatic rings. The number of hydrogen-bond acceptors (Lipinski definition) is 3. The van der Waals surface area contributed by atoms with Crippen LogP contribution in [0.3, 0.4) is 0 Å². The van der Waals surface area contributed by atoms with Crippen molar-refractivity contribution in [3.63, 3.8) is 0 Å². The summed E-state index contributed by atoms with van der Waals surface area (Å²) >= 11 is 0. The van der Waals surface area contributed by atoms with Crippen LogP contribution in [0.4, 0.5) is 0 Å². The van der Waals surface area contributed by atoms with Gasteiger partial charge in [0, 0.05) is 28.2 Å². The van der Waals surface area contributed by atoms with Crippen LogP contribution in [0.2, 0.25) is 0 Å². The molecular formula is C28H32N4O. The second kappa shape index (κ2) is 7.70. The zero-order valence-corrected chi connectivity index (χ0v) is 20.0. The summed E-state index contributed by atoms with van der Waals surface area (Å²) in [5, 5.41) is 9.30. The largest absolute Gasteiger partial charge is 0.349 e. The molecule has 5 heteroatoms. The average Bonchev–Trinajstić information content (AvgIpc) is 3.11. The predicted molar refractivity (Wildman–Crippen MR) is 136 cm³/mol. The molecule has 0 aliphatic carbocycles. The number of imidazole rings is 1. The van der Waals surface area contributed by atoms with Gasteiger partial charge in [-0.15, -0.1) is 0 Å². The van der Waals surface area contributed by atoms with Gasteiger partial charge in [-0.1, -0.05) is 30.3 Å². The molecule has 0 spiro atoms. The summed E-state index contributed by atoms with van der Waals surface area (Å²) in [4.78, 5) is 21.3. The van der Waals surface area contributed by atoms with Crippen molar-refractivity contribution < 1.29 is 4.79 Å². The van der Waals surface area contributed by atoms with Crippen molar-refractivity contribution in [1.29, 1.82) is 0 Å². The van der Waals surface area contributed by atoms with Crippen LogP contribution in [-0.2, 0) is 0 Å². The van der Waals surface area contributed by atoms with Gasteiger partial charge < -0.3 is 15.6 Å². The van der Waals surface area contributed by atoms with Crippen LogP contribution in [0.5, 0.6) is 0 Å². The molecule has 170 valence electrons. The van der Waals surface area contributed by atoms with E-state index in [1.807, 2.05) is 37.3 Å². The van der Waals surface area contributed by atoms with Crippen LogP contribution in [0, 0.1) is 6.92 Å². The maximum Gasteiger partial charge on any atom is 0.251 e. The summed E-state index contributed by atoms with van der Waals surface area (Å²) in [5.41, 5.74) is 4.67. The van der Waals surface area contributed by atoms with Crippen molar-refractivity contribution in [3.8, 4) is 11.4 Å². The number of rotatable bonds is 3. The third-order valence-electron chi connectivity index (χ3n) is 6.62. The van der Waals surface area contributed by atoms with Crippen LogP contribution >= 0.6 is 0 Å². The minimum Gasteiger partial charge on any atom is -0.349 e. The summed E-state index contributed by atoms with van der Waals surface area (Å²) in [6.07, 6.45) is 1.82. The minimum absolute atomic E-state index is 0.00837. The molecule has 33 heavy (non-hydrogen) atoms. The molecule has 0 bridgehead atoms. The number of fused-ring (bicyclic) bond motifs is 2. The molecule has 1 aliphatic heterocycles. The number of benzene rings is 3. The molecule has 1 amide bonds. The van der Waals surface area contributed by atoms with Crippen molar-refractivity contribution in [3.05, 3.63) is 65.7 Å². The van der Waals surface area contributed by atoms with Crippen LogP contribution in [0.15, 0.2) is 54.6 Å². The first kappa shape index (κ1) is 21.7. The molecule has 0 unspecified atom stereocenters. The van der Waals surface area contributed by atoms with Gasteiger partial charge in [0.25, 0.3) is 5.91 Å². The smallest absolute Gasteiger partial charge is 0.251 e. The summed E-state index contributed by atoms with van der Waals surface area (Å²) in [7, 11) is 0. The number of piperidine rings is 1. The molecule has 0 atom stereocenters. The van der Waals surface area contributed by atoms with E-state index in [-0.39, 0.29) is 23.0 Å². The zero-order valence-electron chi connectivity index (χ0n) is 20.0. The minimum atomic E-state index is -0.0148. The Kier molecular flexibility index (Phi) is 5.05. The lowest BCUT2D eigenvalue weighted by Crippen LogP contribution is -2.62. The molecule has 3 aromatic carbocycles. The van der Waals surface area contributed by atoms with E-state index in [9.17, 15) is 4.79 Å². The number of aromatic nitrogens is 2. The number of nitrogens with zero attached hydrogens (tertiary/aromatic N) is 1. The van der Waals surface area contributed by atoms with E-state index < -0.39 is 0 Å². The average molecular weight is 441 g/mol. The highest BCUT2D eigenvalue weighted by Crippen LogP contribution is 2.30. The molecule has 1 aromatic heterocycles. The second-order valence-electron chi connectivity index (χ2n) is 10.8. The van der Waals surface area contributed by atoms with Crippen molar-refractivity contribution >= 4 is 27.7 Å². The van der Waals surface area contributed by atoms with Crippen LogP contribution in [-0.4, -0.2) is 33.0 Å². The Labute approximate surface area is 195 Å². The van der Waals surface area contributed by atoms with Crippen LogP contribution < -0.4 is 10.6 Å². The van der Waals surface area contributed by atoms with Crippen LogP contribution in [0.1, 0.15) is 56.5 Å². The van der Waals surface area contributed by atoms with Crippen molar-refractivity contribution in [2.24, 2.45) is 0 Å². The SMILES string of the molecule is Cc1cc(C(=O)NC2CC(C)(C)NC(C)(C)C2)ccc1-c1nc2cc3ccccc3cc2[nH]1. The Morgan fingerprint density at radius 1 is 0.970 bits per heavy atom. The summed E-state index contributed by atoms with van der Waals surface area (Å²) in [5.74, 6) is 0.811. The third-order valence-corrected chi connectivity index (χ3v) is 6.62. The molecule has 5 rings (SSSR count). The Balaban J connectivity index is 1.39. The number of aryl methyl sites for hydroxylation is 1. The van der Waals surface area contributed by atoms with Gasteiger partial charge in [0.05, 0.1) is 11.0 Å². The molecule has 1 aliphatic rings. The standard InChI is InChI=1S/C28H32N4O/c1-17-12-20(26(33)29-21-15-27(2,3)32-28(4,5)16-21)10-11-22(17)25-30-23-13-18-8-6-7-9-19(18)14-24(23)31-25/h6-14,21,32H,15-16H2,1-5H3,(H,29,33)(H,30,31). The van der Waals surface area contributed by atoms with Crippen molar-refractivity contribution in [2.45, 2.75) is 64.6 Å². The molecule has 5 nitrogen and oxygen atoms in total. The van der Waals surface area contributed by atoms with Gasteiger partial charge in [-0.3, -0.25) is 4.79 Å². The molecule has 1 saturated heterocycles. The lowest BCUT2D eigenvalue weighted by atomic mass is 9.79. The normalized spacial score (nSPS) is 18.0. The molecule has 1 fully saturated rings. The first-order valence-electron chi connectivity index (χ1n) is 11.7. The molecule has 0 radical (unpaired) electrons. The zero-order chi connectivity index (χ0) is 23.4. The van der Waals surface area contributed by atoms with E-state index >= 15 is 0 Å². The number of carbonyl (C=O) groups excluding carboxylic acids is 1. The molecular weight excluding hydrogens is 408 g/mol. The van der Waals surface area contributed by atoms with E-state index in [0.717, 1.165) is 40.8 Å². The Bertz CT molecular complexity index is 1300. The highest BCUT2D eigenvalue weighted by molar-refractivity contribution is 5.97. The van der Waals surface area contributed by atoms with Gasteiger partial charge in [-0.25, -0.2) is 4.98 Å². The number of hydrogen-bond donors (Lipinski definition) is 3. The quantitative estimate of drug-likeness (QED) is 0.381. The van der Waals surface area contributed by atoms with Gasteiger partial charge in [-0.05, 0) is 88.1 Å². The number of aromatic amines is 1. The maximum absolute atomic E-state index is 13.1. The van der Waals surface area contributed by atoms with E-state index in [1.54, 1.807) is 0 Å². The lowest BCUT2D eigenvalue weighted by molar-refractivity contribution is 0.0873. The number of carbonyl (C=O) groups is 1. The first-order chi connectivity index (χ1) is 15.6. The summed E-state index contributed by atoms with van der Waals surface area (Å²) in [6.45, 7) is 10.8. The Morgan fingerprint density at radius 2 is 1.64 bits per heavy atom. The number of H-pyrrole nitrogens is 1. The number of nitrogens with one attached hydrogen (secondary N) is 3. The Hall–Kier alpha value is -3.18. The highest BCUT2D eigenvalue weighted by atomic mass is 16.1. The van der Waals surface area contributed by atoms with Gasteiger partial charge in [0.2, 0.25) is 0 Å². The van der Waals surface area contributed by atoms with E-state index in [2.05, 4.69) is 67.6 Å². The fraction of sp³-hybridized carbons (Fsp3) is 0.357. The predicted octanol–water partition coefficient (Wildman–Crippen LogP) is 5.73. The van der Waals surface area contributed by atoms with Gasteiger partial charge in [0.1, 0.15) is 5.82 Å². The highest BCUT2D eigenvalue weighted by Gasteiger charge is 2.38. The maximum atomic E-state index is 13.1. The van der Waals surface area contributed by atoms with Crippen molar-refractivity contribution in [1.82, 2.24) is 20.6 Å². The van der Waals surface area contributed by atoms with Crippen molar-refractivity contribution in [2.75, 3.05) is 0 Å². The van der Waals surface area contributed by atoms with E-state index in [4.69, 9.17) is 4.98 Å². The fourth-order valence-corrected chi connectivity index (χ4v) is 5.59. The first-order valence-corrected chi connectivity index (χ1v) is 11.7. The second-order valence-corrected chi connectivity index (χ2v) is 10.8. The molecule has 2 heterocycles. The summed E-state index contributed by atoms with van der Waals surface area (Å²) < 4.78 is 0. The van der Waals surface area contributed by atoms with Gasteiger partial charge in [0.15, 0.2) is 0 Å². The van der Waals surface area contributed by atoms with E-state index in [1.165, 1.54) is 10.8 Å². The van der Waals surface area contributed by atoms with E-state index in [0.29, 0.717) is 5.56 Å². The lowest BCUT2D eigenvalue weighted by Gasteiger charge is -2.46. The Morgan fingerprint density at radius 3 is 2.30 bits per heavy atom. The topological polar surface area (TPSA) is 69.8 Å². The monoisotopic (exact) mass is 440 g/mol. The fourth-order valence-electron chi connectivity index (χ4n) is 5.59. The molecule has 0 saturated carbocycles. The van der Waals surface area contributed by atoms with Crippen LogP contribution in [0.25, 0.3) is 33.2 Å². The van der Waals surface area contributed by atoms with Gasteiger partial charge in [-0.2, -0.15) is 0 Å². The summed E-state index contributed by atoms with van der Waals surface area (Å²) in [6, 6.07) is 18.6. The number of amides is 1. The molecule has 3 N–H and O–H groups in total.